The number of ether oxygens (including phenoxy) is 1. The van der Waals surface area contributed by atoms with Crippen molar-refractivity contribution < 1.29 is 9.53 Å². The van der Waals surface area contributed by atoms with Crippen molar-refractivity contribution in [3.63, 3.8) is 0 Å². The van der Waals surface area contributed by atoms with E-state index in [4.69, 9.17) is 4.74 Å². The summed E-state index contributed by atoms with van der Waals surface area (Å²) in [6.07, 6.45) is 4.78. The average Bonchev–Trinajstić information content (AvgIpc) is 2.49. The van der Waals surface area contributed by atoms with Crippen LogP contribution in [-0.2, 0) is 17.6 Å². The van der Waals surface area contributed by atoms with Gasteiger partial charge in [0.1, 0.15) is 5.75 Å². The number of benzene rings is 2. The quantitative estimate of drug-likeness (QED) is 0.620. The molecule has 0 aliphatic heterocycles. The number of hydrogen-bond donors (Lipinski definition) is 0. The Labute approximate surface area is 125 Å². The number of esters is 1. The average molecular weight is 280 g/mol. The standard InChI is InChI=1S/C19H20O2/c1-14(20)21-18-11-9-15(10-12-18)13-17-7-4-6-16-5-2-3-8-19(16)17/h2-3,5,8-12,17H,4,6-7,13H2,1H3/t17-/m0/s1. The van der Waals surface area contributed by atoms with Crippen LogP contribution in [0.5, 0.6) is 5.75 Å². The highest BCUT2D eigenvalue weighted by atomic mass is 16.5. The van der Waals surface area contributed by atoms with Crippen LogP contribution in [0.2, 0.25) is 0 Å². The molecule has 0 unspecified atom stereocenters. The van der Waals surface area contributed by atoms with Crippen LogP contribution in [0.15, 0.2) is 48.5 Å². The summed E-state index contributed by atoms with van der Waals surface area (Å²) in [5.41, 5.74) is 4.31. The lowest BCUT2D eigenvalue weighted by Crippen LogP contribution is -2.12. The van der Waals surface area contributed by atoms with Gasteiger partial charge < -0.3 is 4.74 Å². The lowest BCUT2D eigenvalue weighted by Gasteiger charge is -2.25. The zero-order valence-electron chi connectivity index (χ0n) is 12.3. The summed E-state index contributed by atoms with van der Waals surface area (Å²) >= 11 is 0. The van der Waals surface area contributed by atoms with Crippen LogP contribution in [-0.4, -0.2) is 5.97 Å². The smallest absolute Gasteiger partial charge is 0.308 e. The van der Waals surface area contributed by atoms with Gasteiger partial charge in [-0.05, 0) is 60.4 Å². The second-order valence-corrected chi connectivity index (χ2v) is 5.73. The van der Waals surface area contributed by atoms with Crippen molar-refractivity contribution in [1.82, 2.24) is 0 Å². The first kappa shape index (κ1) is 13.9. The van der Waals surface area contributed by atoms with Crippen molar-refractivity contribution in [2.75, 3.05) is 0 Å². The van der Waals surface area contributed by atoms with Gasteiger partial charge in [-0.15, -0.1) is 0 Å². The SMILES string of the molecule is CC(=O)Oc1ccc(C[C@@H]2CCCc3ccccc32)cc1. The molecule has 0 N–H and O–H groups in total. The summed E-state index contributed by atoms with van der Waals surface area (Å²) in [6.45, 7) is 1.42. The van der Waals surface area contributed by atoms with Crippen molar-refractivity contribution in [1.29, 1.82) is 0 Å². The second kappa shape index (κ2) is 6.13. The highest BCUT2D eigenvalue weighted by molar-refractivity contribution is 5.69. The van der Waals surface area contributed by atoms with E-state index in [2.05, 4.69) is 36.4 Å². The fourth-order valence-electron chi connectivity index (χ4n) is 3.21. The first-order valence-corrected chi connectivity index (χ1v) is 7.57. The molecule has 2 heteroatoms. The molecule has 0 spiro atoms. The zero-order valence-corrected chi connectivity index (χ0v) is 12.3. The summed E-state index contributed by atoms with van der Waals surface area (Å²) in [6, 6.07) is 16.7. The monoisotopic (exact) mass is 280 g/mol. The van der Waals surface area contributed by atoms with E-state index >= 15 is 0 Å². The number of rotatable bonds is 3. The highest BCUT2D eigenvalue weighted by Gasteiger charge is 2.19. The van der Waals surface area contributed by atoms with Gasteiger partial charge in [-0.2, -0.15) is 0 Å². The number of carbonyl (C=O) groups excluding carboxylic acids is 1. The van der Waals surface area contributed by atoms with Crippen LogP contribution >= 0.6 is 0 Å². The van der Waals surface area contributed by atoms with Crippen molar-refractivity contribution in [3.8, 4) is 5.75 Å². The summed E-state index contributed by atoms with van der Waals surface area (Å²) in [4.78, 5) is 10.9. The fraction of sp³-hybridized carbons (Fsp3) is 0.316. The van der Waals surface area contributed by atoms with E-state index in [0.717, 1.165) is 6.42 Å². The number of carbonyl (C=O) groups is 1. The Bertz CT molecular complexity index is 628. The minimum Gasteiger partial charge on any atom is -0.427 e. The molecule has 0 saturated carbocycles. The second-order valence-electron chi connectivity index (χ2n) is 5.73. The number of fused-ring (bicyclic) bond motifs is 1. The van der Waals surface area contributed by atoms with E-state index < -0.39 is 0 Å². The maximum Gasteiger partial charge on any atom is 0.308 e. The maximum absolute atomic E-state index is 10.9. The molecule has 0 amide bonds. The van der Waals surface area contributed by atoms with Crippen LogP contribution in [0.25, 0.3) is 0 Å². The van der Waals surface area contributed by atoms with E-state index in [1.165, 1.54) is 42.9 Å². The minimum absolute atomic E-state index is 0.274. The maximum atomic E-state index is 10.9. The van der Waals surface area contributed by atoms with Gasteiger partial charge in [0.25, 0.3) is 0 Å². The van der Waals surface area contributed by atoms with Gasteiger partial charge in [-0.25, -0.2) is 0 Å². The predicted octanol–water partition coefficient (Wildman–Crippen LogP) is 4.27. The van der Waals surface area contributed by atoms with Crippen LogP contribution in [0, 0.1) is 0 Å². The van der Waals surface area contributed by atoms with Gasteiger partial charge in [-0.1, -0.05) is 36.4 Å². The molecule has 2 nitrogen and oxygen atoms in total. The van der Waals surface area contributed by atoms with Crippen LogP contribution in [0.1, 0.15) is 42.4 Å². The van der Waals surface area contributed by atoms with Gasteiger partial charge in [0, 0.05) is 6.92 Å². The molecule has 1 aliphatic carbocycles. The van der Waals surface area contributed by atoms with Crippen molar-refractivity contribution in [2.24, 2.45) is 0 Å². The van der Waals surface area contributed by atoms with Crippen LogP contribution in [0.3, 0.4) is 0 Å². The molecule has 108 valence electrons. The summed E-state index contributed by atoms with van der Waals surface area (Å²) in [7, 11) is 0. The van der Waals surface area contributed by atoms with E-state index in [-0.39, 0.29) is 5.97 Å². The Balaban J connectivity index is 1.74. The molecule has 2 aromatic rings. The zero-order chi connectivity index (χ0) is 14.7. The lowest BCUT2D eigenvalue weighted by molar-refractivity contribution is -0.131. The molecule has 0 radical (unpaired) electrons. The molecule has 0 aromatic heterocycles. The highest BCUT2D eigenvalue weighted by Crippen LogP contribution is 2.34. The van der Waals surface area contributed by atoms with Crippen LogP contribution < -0.4 is 4.74 Å². The number of aryl methyl sites for hydroxylation is 1. The minimum atomic E-state index is -0.274. The Morgan fingerprint density at radius 1 is 1.14 bits per heavy atom. The first-order chi connectivity index (χ1) is 10.2. The molecule has 0 heterocycles. The molecular formula is C19H20O2. The van der Waals surface area contributed by atoms with Gasteiger partial charge in [0.05, 0.1) is 0 Å². The fourth-order valence-corrected chi connectivity index (χ4v) is 3.21. The van der Waals surface area contributed by atoms with E-state index in [9.17, 15) is 4.79 Å². The lowest BCUT2D eigenvalue weighted by atomic mass is 9.80. The molecule has 0 saturated heterocycles. The molecule has 1 atom stereocenters. The Kier molecular flexibility index (Phi) is 4.05. The van der Waals surface area contributed by atoms with E-state index in [1.807, 2.05) is 12.1 Å². The summed E-state index contributed by atoms with van der Waals surface area (Å²) in [5.74, 6) is 0.953. The molecule has 3 rings (SSSR count). The third-order valence-electron chi connectivity index (χ3n) is 4.16. The van der Waals surface area contributed by atoms with E-state index in [0.29, 0.717) is 11.7 Å². The Morgan fingerprint density at radius 3 is 2.67 bits per heavy atom. The Morgan fingerprint density at radius 2 is 1.90 bits per heavy atom. The molecular weight excluding hydrogens is 260 g/mol. The molecule has 2 aromatic carbocycles. The van der Waals surface area contributed by atoms with Gasteiger partial charge in [-0.3, -0.25) is 4.79 Å². The predicted molar refractivity (Wildman–Crippen MR) is 83.6 cm³/mol. The van der Waals surface area contributed by atoms with Crippen molar-refractivity contribution >= 4 is 5.97 Å². The third kappa shape index (κ3) is 3.33. The van der Waals surface area contributed by atoms with Gasteiger partial charge in [0.15, 0.2) is 0 Å². The first-order valence-electron chi connectivity index (χ1n) is 7.57. The molecule has 0 bridgehead atoms. The molecule has 0 fully saturated rings. The van der Waals surface area contributed by atoms with Crippen molar-refractivity contribution in [2.45, 2.75) is 38.5 Å². The van der Waals surface area contributed by atoms with Gasteiger partial charge in [0.2, 0.25) is 0 Å². The topological polar surface area (TPSA) is 26.3 Å². The Hall–Kier alpha value is -2.09. The number of hydrogen-bond acceptors (Lipinski definition) is 2. The van der Waals surface area contributed by atoms with Crippen LogP contribution in [0.4, 0.5) is 0 Å². The largest absolute Gasteiger partial charge is 0.427 e. The third-order valence-corrected chi connectivity index (χ3v) is 4.16. The van der Waals surface area contributed by atoms with Crippen molar-refractivity contribution in [3.05, 3.63) is 65.2 Å². The van der Waals surface area contributed by atoms with Gasteiger partial charge >= 0.3 is 5.97 Å². The molecule has 1 aliphatic rings. The normalized spacial score (nSPS) is 17.1. The van der Waals surface area contributed by atoms with E-state index in [1.54, 1.807) is 0 Å². The molecule has 21 heavy (non-hydrogen) atoms. The summed E-state index contributed by atoms with van der Waals surface area (Å²) in [5, 5.41) is 0. The summed E-state index contributed by atoms with van der Waals surface area (Å²) < 4.78 is 5.08.